The van der Waals surface area contributed by atoms with E-state index in [1.165, 1.54) is 6.20 Å². The number of amides is 1. The van der Waals surface area contributed by atoms with E-state index in [2.05, 4.69) is 89.5 Å². The molecule has 1 saturated heterocycles. The zero-order valence-electron chi connectivity index (χ0n) is 32.2. The molecule has 3 aromatic heterocycles. The number of benzene rings is 6. The molecule has 1 aliphatic rings. The molecule has 59 heavy (non-hydrogen) atoms. The summed E-state index contributed by atoms with van der Waals surface area (Å²) < 4.78 is 0. The van der Waals surface area contributed by atoms with E-state index in [-0.39, 0.29) is 11.5 Å². The highest BCUT2D eigenvalue weighted by molar-refractivity contribution is 6.15. The first-order chi connectivity index (χ1) is 28.9. The highest BCUT2D eigenvalue weighted by atomic mass is 16.4. The fourth-order valence-corrected chi connectivity index (χ4v) is 7.71. The number of carbonyl (C=O) groups excluding carboxylic acids is 1. The lowest BCUT2D eigenvalue weighted by atomic mass is 9.95. The van der Waals surface area contributed by atoms with Crippen molar-refractivity contribution < 1.29 is 14.7 Å². The molecule has 10 rings (SSSR count). The first-order valence-electron chi connectivity index (χ1n) is 19.3. The Hall–Kier alpha value is -7.63. The summed E-state index contributed by atoms with van der Waals surface area (Å²) in [7, 11) is 2.13. The Morgan fingerprint density at radius 2 is 1.03 bits per heavy atom. The molecule has 0 aliphatic carbocycles. The summed E-state index contributed by atoms with van der Waals surface area (Å²) >= 11 is 0. The lowest BCUT2D eigenvalue weighted by Crippen LogP contribution is -2.44. The fraction of sp³-hybridized carbons (Fsp3) is 0.104. The molecule has 0 unspecified atom stereocenters. The average Bonchev–Trinajstić information content (AvgIpc) is 3.28. The molecule has 6 aromatic carbocycles. The van der Waals surface area contributed by atoms with Gasteiger partial charge in [0.2, 0.25) is 0 Å². The number of nitrogens with one attached hydrogen (secondary N) is 1. The number of rotatable bonds is 6. The normalized spacial score (nSPS) is 13.0. The van der Waals surface area contributed by atoms with Gasteiger partial charge in [-0.3, -0.25) is 24.7 Å². The maximum absolute atomic E-state index is 13.3. The Bertz CT molecular complexity index is 3010. The molecule has 9 aromatic rings. The first kappa shape index (κ1) is 37.0. The number of piperazine rings is 1. The van der Waals surface area contributed by atoms with Crippen molar-refractivity contribution in [3.05, 3.63) is 163 Å². The molecule has 1 fully saturated rings. The standard InChI is InChI=1S/C29H26N6O.C19H12N2O2/c1-34-15-17-35(18-16-34)26-12-9-21(19-32-26)33-29(36)25-11-10-24(27-28(25)31-14-13-30-27)23-8-4-6-20-5-2-3-7-22(20)23;22-19(23)16-9-8-15(17-18(16)21-11-10-20-17)14-7-3-5-12-4-1-2-6-13(12)14/h2-14,19H,15-18H2,1H3,(H,33,36);1-11H,(H,22,23). The van der Waals surface area contributed by atoms with Gasteiger partial charge in [0.25, 0.3) is 5.91 Å². The number of hydrogen-bond acceptors (Lipinski definition) is 9. The third-order valence-corrected chi connectivity index (χ3v) is 10.7. The Kier molecular flexibility index (Phi) is 10.1. The molecule has 0 atom stereocenters. The van der Waals surface area contributed by atoms with Crippen molar-refractivity contribution >= 4 is 67.0 Å². The number of carboxylic acids is 1. The molecule has 0 spiro atoms. The van der Waals surface area contributed by atoms with Crippen LogP contribution in [0.4, 0.5) is 11.5 Å². The maximum Gasteiger partial charge on any atom is 0.337 e. The van der Waals surface area contributed by atoms with Gasteiger partial charge in [-0.1, -0.05) is 97.1 Å². The monoisotopic (exact) mass is 774 g/mol. The van der Waals surface area contributed by atoms with Crippen LogP contribution in [-0.2, 0) is 0 Å². The van der Waals surface area contributed by atoms with Gasteiger partial charge in [-0.15, -0.1) is 0 Å². The van der Waals surface area contributed by atoms with E-state index in [0.717, 1.165) is 75.8 Å². The number of aromatic nitrogens is 5. The van der Waals surface area contributed by atoms with E-state index in [9.17, 15) is 14.7 Å². The van der Waals surface area contributed by atoms with Crippen LogP contribution in [0.15, 0.2) is 152 Å². The topological polar surface area (TPSA) is 137 Å². The third kappa shape index (κ3) is 7.38. The van der Waals surface area contributed by atoms with Crippen LogP contribution in [-0.4, -0.2) is 80.0 Å². The molecule has 11 nitrogen and oxygen atoms in total. The van der Waals surface area contributed by atoms with Crippen molar-refractivity contribution in [1.82, 2.24) is 29.8 Å². The van der Waals surface area contributed by atoms with Crippen molar-refractivity contribution in [3.63, 3.8) is 0 Å². The van der Waals surface area contributed by atoms with Crippen LogP contribution in [0.1, 0.15) is 20.7 Å². The Balaban J connectivity index is 0.000000168. The maximum atomic E-state index is 13.3. The number of carboxylic acid groups (broad SMARTS) is 1. The van der Waals surface area contributed by atoms with Crippen LogP contribution in [0.3, 0.4) is 0 Å². The van der Waals surface area contributed by atoms with Gasteiger partial charge < -0.3 is 20.2 Å². The van der Waals surface area contributed by atoms with Crippen LogP contribution < -0.4 is 10.2 Å². The molecule has 2 N–H and O–H groups in total. The number of nitrogens with zero attached hydrogens (tertiary/aromatic N) is 7. The predicted octanol–water partition coefficient (Wildman–Crippen LogP) is 9.00. The van der Waals surface area contributed by atoms with Crippen LogP contribution >= 0.6 is 0 Å². The second-order valence-electron chi connectivity index (χ2n) is 14.3. The van der Waals surface area contributed by atoms with Crippen molar-refractivity contribution in [2.24, 2.45) is 0 Å². The zero-order chi connectivity index (χ0) is 40.3. The molecule has 0 radical (unpaired) electrons. The second-order valence-corrected chi connectivity index (χ2v) is 14.3. The van der Waals surface area contributed by atoms with Gasteiger partial charge in [0.15, 0.2) is 0 Å². The Morgan fingerprint density at radius 1 is 0.525 bits per heavy atom. The van der Waals surface area contributed by atoms with Gasteiger partial charge >= 0.3 is 5.97 Å². The quantitative estimate of drug-likeness (QED) is 0.168. The van der Waals surface area contributed by atoms with Gasteiger partial charge in [-0.05, 0) is 64.0 Å². The van der Waals surface area contributed by atoms with Crippen LogP contribution in [0.2, 0.25) is 0 Å². The number of anilines is 2. The number of pyridine rings is 1. The van der Waals surface area contributed by atoms with Gasteiger partial charge in [0, 0.05) is 62.1 Å². The van der Waals surface area contributed by atoms with Crippen LogP contribution in [0.5, 0.6) is 0 Å². The smallest absolute Gasteiger partial charge is 0.337 e. The SMILES string of the molecule is CN1CCN(c2ccc(NC(=O)c3ccc(-c4cccc5ccccc45)c4nccnc34)cn2)CC1.O=C(O)c1ccc(-c2cccc3ccccc23)c2nccnc12. The summed E-state index contributed by atoms with van der Waals surface area (Å²) in [5, 5.41) is 16.8. The van der Waals surface area contributed by atoms with Crippen LogP contribution in [0, 0.1) is 0 Å². The van der Waals surface area contributed by atoms with E-state index in [4.69, 9.17) is 0 Å². The lowest BCUT2D eigenvalue weighted by molar-refractivity contribution is 0.0698. The fourth-order valence-electron chi connectivity index (χ4n) is 7.71. The minimum absolute atomic E-state index is 0.164. The largest absolute Gasteiger partial charge is 0.478 e. The molecular formula is C48H38N8O3. The minimum atomic E-state index is -1.00. The number of carbonyl (C=O) groups is 2. The number of aromatic carboxylic acids is 1. The van der Waals surface area contributed by atoms with E-state index in [1.54, 1.807) is 30.9 Å². The van der Waals surface area contributed by atoms with Crippen LogP contribution in [0.25, 0.3) is 65.9 Å². The van der Waals surface area contributed by atoms with Gasteiger partial charge in [0.1, 0.15) is 16.9 Å². The van der Waals surface area contributed by atoms with Gasteiger partial charge in [0.05, 0.1) is 34.0 Å². The van der Waals surface area contributed by atoms with E-state index in [0.29, 0.717) is 33.3 Å². The van der Waals surface area contributed by atoms with E-state index in [1.807, 2.05) is 72.8 Å². The highest BCUT2D eigenvalue weighted by Crippen LogP contribution is 2.35. The molecular weight excluding hydrogens is 737 g/mol. The predicted molar refractivity (Wildman–Crippen MR) is 234 cm³/mol. The summed E-state index contributed by atoms with van der Waals surface area (Å²) in [4.78, 5) is 51.6. The second kappa shape index (κ2) is 16.1. The van der Waals surface area contributed by atoms with Gasteiger partial charge in [-0.2, -0.15) is 0 Å². The van der Waals surface area contributed by atoms with E-state index < -0.39 is 5.97 Å². The number of fused-ring (bicyclic) bond motifs is 4. The Labute approximate surface area is 339 Å². The highest BCUT2D eigenvalue weighted by Gasteiger charge is 2.19. The number of hydrogen-bond donors (Lipinski definition) is 2. The first-order valence-corrected chi connectivity index (χ1v) is 19.3. The van der Waals surface area contributed by atoms with Gasteiger partial charge in [-0.25, -0.2) is 9.78 Å². The molecule has 4 heterocycles. The molecule has 0 bridgehead atoms. The average molecular weight is 775 g/mol. The van der Waals surface area contributed by atoms with Crippen molar-refractivity contribution in [1.29, 1.82) is 0 Å². The summed E-state index contributed by atoms with van der Waals surface area (Å²) in [6.45, 7) is 3.93. The molecule has 288 valence electrons. The van der Waals surface area contributed by atoms with Crippen molar-refractivity contribution in [2.75, 3.05) is 43.4 Å². The van der Waals surface area contributed by atoms with Crippen molar-refractivity contribution in [3.8, 4) is 22.3 Å². The molecule has 11 heteroatoms. The zero-order valence-corrected chi connectivity index (χ0v) is 32.2. The molecule has 0 saturated carbocycles. The summed E-state index contributed by atoms with van der Waals surface area (Å²) in [5.74, 6) is -0.309. The molecule has 1 amide bonds. The lowest BCUT2D eigenvalue weighted by Gasteiger charge is -2.33. The Morgan fingerprint density at radius 3 is 1.58 bits per heavy atom. The minimum Gasteiger partial charge on any atom is -0.478 e. The summed E-state index contributed by atoms with van der Waals surface area (Å²) in [5.41, 5.74) is 7.48. The van der Waals surface area contributed by atoms with Crippen molar-refractivity contribution in [2.45, 2.75) is 0 Å². The third-order valence-electron chi connectivity index (χ3n) is 10.7. The molecule has 1 aliphatic heterocycles. The summed E-state index contributed by atoms with van der Waals surface area (Å²) in [6, 6.07) is 39.7. The summed E-state index contributed by atoms with van der Waals surface area (Å²) in [6.07, 6.45) is 8.10. The number of likely N-dealkylation sites (N-methyl/N-ethyl adjacent to an activating group) is 1. The van der Waals surface area contributed by atoms with E-state index >= 15 is 0 Å².